The molecule has 0 aromatic heterocycles. The van der Waals surface area contributed by atoms with Gasteiger partial charge in [-0.1, -0.05) is 23.4 Å². The van der Waals surface area contributed by atoms with Gasteiger partial charge in [-0.05, 0) is 12.1 Å². The predicted octanol–water partition coefficient (Wildman–Crippen LogP) is 1.79. The van der Waals surface area contributed by atoms with Gasteiger partial charge in [0.05, 0.1) is 12.8 Å². The van der Waals surface area contributed by atoms with Gasteiger partial charge in [-0.2, -0.15) is 0 Å². The molecule has 0 aliphatic heterocycles. The number of carbonyl (C=O) groups is 1. The van der Waals surface area contributed by atoms with E-state index in [2.05, 4.69) is 15.1 Å². The van der Waals surface area contributed by atoms with E-state index in [1.54, 1.807) is 7.05 Å². The molecule has 0 saturated heterocycles. The summed E-state index contributed by atoms with van der Waals surface area (Å²) in [6.07, 6.45) is 0. The third-order valence-corrected chi connectivity index (χ3v) is 1.65. The molecule has 0 saturated carbocycles. The number of nitrogens with zero attached hydrogens (tertiary/aromatic N) is 3. The van der Waals surface area contributed by atoms with Crippen molar-refractivity contribution >= 4 is 11.7 Å². The lowest BCUT2D eigenvalue weighted by Gasteiger charge is -2.08. The maximum absolute atomic E-state index is 10.9. The molecule has 1 rings (SSSR count). The van der Waals surface area contributed by atoms with Crippen molar-refractivity contribution in [2.24, 2.45) is 10.3 Å². The summed E-state index contributed by atoms with van der Waals surface area (Å²) in [5.41, 5.74) is 0.745. The number of hydrogen-bond donors (Lipinski definition) is 0. The number of hydrogen-bond acceptors (Lipinski definition) is 4. The van der Waals surface area contributed by atoms with E-state index in [9.17, 15) is 4.79 Å². The van der Waals surface area contributed by atoms with Crippen LogP contribution < -0.4 is 0 Å². The van der Waals surface area contributed by atoms with Crippen LogP contribution >= 0.6 is 0 Å². The quantitative estimate of drug-likeness (QED) is 0.429. The Labute approximate surface area is 88.3 Å². The Kier molecular flexibility index (Phi) is 4.28. The molecule has 0 heterocycles. The maximum Gasteiger partial charge on any atom is 0.327 e. The molecule has 1 aromatic rings. The first-order chi connectivity index (χ1) is 7.22. The maximum atomic E-state index is 10.9. The molecule has 0 aliphatic carbocycles. The van der Waals surface area contributed by atoms with Crippen LogP contribution in [0.2, 0.25) is 0 Å². The van der Waals surface area contributed by atoms with Crippen molar-refractivity contribution in [1.82, 2.24) is 5.01 Å². The average molecular weight is 207 g/mol. The minimum absolute atomic E-state index is 0.0901. The zero-order valence-corrected chi connectivity index (χ0v) is 8.75. The van der Waals surface area contributed by atoms with Gasteiger partial charge in [-0.15, -0.1) is 5.11 Å². The van der Waals surface area contributed by atoms with Crippen molar-refractivity contribution in [3.05, 3.63) is 30.3 Å². The lowest BCUT2D eigenvalue weighted by atomic mass is 10.3. The van der Waals surface area contributed by atoms with Crippen molar-refractivity contribution in [2.45, 2.75) is 0 Å². The number of benzene rings is 1. The Bertz CT molecular complexity index is 338. The molecule has 0 atom stereocenters. The Morgan fingerprint density at radius 2 is 2.07 bits per heavy atom. The second-order valence-electron chi connectivity index (χ2n) is 2.92. The van der Waals surface area contributed by atoms with Crippen molar-refractivity contribution in [1.29, 1.82) is 0 Å². The van der Waals surface area contributed by atoms with E-state index in [1.807, 2.05) is 30.3 Å². The summed E-state index contributed by atoms with van der Waals surface area (Å²) in [7, 11) is 2.99. The van der Waals surface area contributed by atoms with Gasteiger partial charge >= 0.3 is 5.97 Å². The standard InChI is InChI=1S/C10H13N3O2/c1-13(8-10(14)15-2)12-11-9-6-4-3-5-7-9/h3-7H,8H2,1-2H3/b12-11+. The van der Waals surface area contributed by atoms with Crippen LogP contribution in [0.5, 0.6) is 0 Å². The topological polar surface area (TPSA) is 54.3 Å². The molecule has 0 aliphatic rings. The molecule has 0 spiro atoms. The fourth-order valence-corrected chi connectivity index (χ4v) is 0.906. The first-order valence-corrected chi connectivity index (χ1v) is 4.47. The van der Waals surface area contributed by atoms with Gasteiger partial charge in [0, 0.05) is 7.05 Å². The van der Waals surface area contributed by atoms with Crippen LogP contribution in [0, 0.1) is 0 Å². The molecule has 15 heavy (non-hydrogen) atoms. The highest BCUT2D eigenvalue weighted by Crippen LogP contribution is 2.10. The molecule has 0 bridgehead atoms. The molecule has 0 amide bonds. The van der Waals surface area contributed by atoms with E-state index in [1.165, 1.54) is 12.1 Å². The molecule has 5 heteroatoms. The zero-order valence-electron chi connectivity index (χ0n) is 8.75. The molecule has 0 N–H and O–H groups in total. The Morgan fingerprint density at radius 1 is 1.40 bits per heavy atom. The van der Waals surface area contributed by atoms with Crippen LogP contribution in [0.3, 0.4) is 0 Å². The summed E-state index contributed by atoms with van der Waals surface area (Å²) in [5.74, 6) is -0.343. The van der Waals surface area contributed by atoms with Crippen LogP contribution in [0.4, 0.5) is 5.69 Å². The smallest absolute Gasteiger partial charge is 0.327 e. The van der Waals surface area contributed by atoms with Crippen LogP contribution in [-0.4, -0.2) is 31.7 Å². The van der Waals surface area contributed by atoms with Crippen LogP contribution in [-0.2, 0) is 9.53 Å². The van der Waals surface area contributed by atoms with Gasteiger partial charge in [0.2, 0.25) is 0 Å². The van der Waals surface area contributed by atoms with E-state index in [0.29, 0.717) is 0 Å². The highest BCUT2D eigenvalue weighted by atomic mass is 16.5. The van der Waals surface area contributed by atoms with Gasteiger partial charge in [0.25, 0.3) is 0 Å². The normalized spacial score (nSPS) is 10.3. The fourth-order valence-electron chi connectivity index (χ4n) is 0.906. The number of ether oxygens (including phenoxy) is 1. The number of esters is 1. The monoisotopic (exact) mass is 207 g/mol. The molecule has 0 radical (unpaired) electrons. The van der Waals surface area contributed by atoms with Crippen LogP contribution in [0.1, 0.15) is 0 Å². The highest BCUT2D eigenvalue weighted by molar-refractivity contribution is 5.71. The van der Waals surface area contributed by atoms with Gasteiger partial charge in [-0.3, -0.25) is 9.80 Å². The SMILES string of the molecule is COC(=O)CN(C)/N=N/c1ccccc1. The molecular weight excluding hydrogens is 194 g/mol. The van der Waals surface area contributed by atoms with Gasteiger partial charge in [0.1, 0.15) is 6.54 Å². The lowest BCUT2D eigenvalue weighted by Crippen LogP contribution is -2.21. The van der Waals surface area contributed by atoms with Crippen LogP contribution in [0.25, 0.3) is 0 Å². The van der Waals surface area contributed by atoms with Crippen molar-refractivity contribution in [3.8, 4) is 0 Å². The summed E-state index contributed by atoms with van der Waals surface area (Å²) in [6, 6.07) is 9.30. The number of rotatable bonds is 4. The third-order valence-electron chi connectivity index (χ3n) is 1.65. The van der Waals surface area contributed by atoms with E-state index in [-0.39, 0.29) is 12.5 Å². The van der Waals surface area contributed by atoms with E-state index < -0.39 is 0 Å². The van der Waals surface area contributed by atoms with Crippen LogP contribution in [0.15, 0.2) is 40.7 Å². The molecule has 1 aromatic carbocycles. The predicted molar refractivity (Wildman–Crippen MR) is 55.6 cm³/mol. The molecular formula is C10H13N3O2. The summed E-state index contributed by atoms with van der Waals surface area (Å²) < 4.78 is 4.49. The first-order valence-electron chi connectivity index (χ1n) is 4.47. The minimum atomic E-state index is -0.343. The third kappa shape index (κ3) is 4.21. The second-order valence-corrected chi connectivity index (χ2v) is 2.92. The molecule has 0 fully saturated rings. The Balaban J connectivity index is 2.47. The number of methoxy groups -OCH3 is 1. The second kappa shape index (κ2) is 5.74. The highest BCUT2D eigenvalue weighted by Gasteiger charge is 2.02. The Hall–Kier alpha value is -1.91. The molecule has 0 unspecified atom stereocenters. The number of likely N-dealkylation sites (N-methyl/N-ethyl adjacent to an activating group) is 1. The van der Waals surface area contributed by atoms with E-state index >= 15 is 0 Å². The average Bonchev–Trinajstić information content (AvgIpc) is 2.27. The van der Waals surface area contributed by atoms with Gasteiger partial charge in [-0.25, -0.2) is 0 Å². The molecule has 5 nitrogen and oxygen atoms in total. The zero-order chi connectivity index (χ0) is 11.1. The molecule has 80 valence electrons. The van der Waals surface area contributed by atoms with E-state index in [4.69, 9.17) is 0 Å². The van der Waals surface area contributed by atoms with Gasteiger partial charge < -0.3 is 4.74 Å². The van der Waals surface area contributed by atoms with Crippen molar-refractivity contribution in [3.63, 3.8) is 0 Å². The largest absolute Gasteiger partial charge is 0.468 e. The van der Waals surface area contributed by atoms with Gasteiger partial charge in [0.15, 0.2) is 0 Å². The lowest BCUT2D eigenvalue weighted by molar-refractivity contribution is -0.141. The first kappa shape index (κ1) is 11.2. The summed E-state index contributed by atoms with van der Waals surface area (Å²) in [4.78, 5) is 10.9. The van der Waals surface area contributed by atoms with Crippen molar-refractivity contribution in [2.75, 3.05) is 20.7 Å². The summed E-state index contributed by atoms with van der Waals surface area (Å²) in [6.45, 7) is 0.0901. The van der Waals surface area contributed by atoms with Crippen molar-refractivity contribution < 1.29 is 9.53 Å². The fraction of sp³-hybridized carbons (Fsp3) is 0.300. The number of carbonyl (C=O) groups excluding carboxylic acids is 1. The summed E-state index contributed by atoms with van der Waals surface area (Å²) in [5, 5.41) is 9.19. The minimum Gasteiger partial charge on any atom is -0.468 e. The Morgan fingerprint density at radius 3 is 2.67 bits per heavy atom. The summed E-state index contributed by atoms with van der Waals surface area (Å²) >= 11 is 0. The van der Waals surface area contributed by atoms with E-state index in [0.717, 1.165) is 5.69 Å².